The Kier molecular flexibility index (Phi) is 4.78. The van der Waals surface area contributed by atoms with Crippen LogP contribution in [0.15, 0.2) is 12.7 Å². The Morgan fingerprint density at radius 1 is 1.78 bits per heavy atom. The number of hydrogen-bond donors (Lipinski definition) is 1. The number of halogens is 1. The van der Waals surface area contributed by atoms with E-state index in [2.05, 4.69) is 11.9 Å². The van der Waals surface area contributed by atoms with Crippen molar-refractivity contribution < 1.29 is 9.18 Å². The summed E-state index contributed by atoms with van der Waals surface area (Å²) in [5.74, 6) is -0.247. The van der Waals surface area contributed by atoms with Gasteiger partial charge >= 0.3 is 0 Å². The van der Waals surface area contributed by atoms with Crippen LogP contribution < -0.4 is 5.32 Å². The molecular formula is C6H10FNO. The van der Waals surface area contributed by atoms with Crippen LogP contribution in [0, 0.1) is 0 Å². The minimum absolute atomic E-state index is 0.247. The second kappa shape index (κ2) is 5.28. The van der Waals surface area contributed by atoms with Crippen molar-refractivity contribution in [3.8, 4) is 0 Å². The van der Waals surface area contributed by atoms with Crippen LogP contribution >= 0.6 is 0 Å². The van der Waals surface area contributed by atoms with Gasteiger partial charge in [-0.05, 0) is 12.5 Å². The van der Waals surface area contributed by atoms with Crippen molar-refractivity contribution in [1.29, 1.82) is 0 Å². The number of carbonyl (C=O) groups is 1. The minimum atomic E-state index is -0.391. The van der Waals surface area contributed by atoms with Crippen LogP contribution in [0.2, 0.25) is 0 Å². The molecule has 0 heterocycles. The van der Waals surface area contributed by atoms with E-state index in [1.54, 1.807) is 0 Å². The average molecular weight is 131 g/mol. The molecule has 0 radical (unpaired) electrons. The number of nitrogens with one attached hydrogen (secondary N) is 1. The lowest BCUT2D eigenvalue weighted by Gasteiger charge is -1.96. The largest absolute Gasteiger partial charge is 0.352 e. The molecule has 0 saturated carbocycles. The van der Waals surface area contributed by atoms with Gasteiger partial charge < -0.3 is 5.32 Å². The molecule has 2 nitrogen and oxygen atoms in total. The molecule has 52 valence electrons. The van der Waals surface area contributed by atoms with Gasteiger partial charge in [0.15, 0.2) is 0 Å². The Morgan fingerprint density at radius 2 is 2.44 bits per heavy atom. The third-order valence-electron chi connectivity index (χ3n) is 0.795. The molecule has 0 bridgehead atoms. The van der Waals surface area contributed by atoms with Gasteiger partial charge in [0.2, 0.25) is 5.91 Å². The first-order chi connectivity index (χ1) is 4.31. The molecule has 0 aliphatic carbocycles. The molecule has 1 amide bonds. The summed E-state index contributed by atoms with van der Waals surface area (Å²) in [4.78, 5) is 10.3. The molecule has 0 rings (SSSR count). The van der Waals surface area contributed by atoms with Crippen LogP contribution in [0.1, 0.15) is 6.42 Å². The molecule has 3 heteroatoms. The second-order valence-corrected chi connectivity index (χ2v) is 1.54. The molecule has 0 fully saturated rings. The van der Waals surface area contributed by atoms with Gasteiger partial charge in [0.05, 0.1) is 6.67 Å². The second-order valence-electron chi connectivity index (χ2n) is 1.54. The third-order valence-corrected chi connectivity index (χ3v) is 0.795. The zero-order valence-corrected chi connectivity index (χ0v) is 5.19. The monoisotopic (exact) mass is 131 g/mol. The van der Waals surface area contributed by atoms with Crippen LogP contribution in [0.5, 0.6) is 0 Å². The lowest BCUT2D eigenvalue weighted by Crippen LogP contribution is -2.21. The highest BCUT2D eigenvalue weighted by molar-refractivity contribution is 5.86. The number of amides is 1. The van der Waals surface area contributed by atoms with Crippen LogP contribution in [0.4, 0.5) is 4.39 Å². The molecule has 0 aromatic heterocycles. The van der Waals surface area contributed by atoms with Crippen molar-refractivity contribution in [1.82, 2.24) is 5.32 Å². The molecule has 0 saturated heterocycles. The fourth-order valence-corrected chi connectivity index (χ4v) is 0.351. The van der Waals surface area contributed by atoms with Crippen molar-refractivity contribution in [3.05, 3.63) is 12.7 Å². The molecule has 0 unspecified atom stereocenters. The summed E-state index contributed by atoms with van der Waals surface area (Å²) in [6.07, 6.45) is 1.54. The summed E-state index contributed by atoms with van der Waals surface area (Å²) in [6.45, 7) is 3.23. The average Bonchev–Trinajstić information content (AvgIpc) is 1.89. The van der Waals surface area contributed by atoms with Crippen LogP contribution in [0.3, 0.4) is 0 Å². The highest BCUT2D eigenvalue weighted by Gasteiger charge is 1.89. The quantitative estimate of drug-likeness (QED) is 0.440. The molecule has 0 aromatic rings. The van der Waals surface area contributed by atoms with Crippen LogP contribution in [-0.4, -0.2) is 19.1 Å². The van der Waals surface area contributed by atoms with Gasteiger partial charge in [-0.3, -0.25) is 9.18 Å². The van der Waals surface area contributed by atoms with E-state index in [0.29, 0.717) is 13.0 Å². The maximum absolute atomic E-state index is 11.4. The molecule has 0 spiro atoms. The van der Waals surface area contributed by atoms with Gasteiger partial charge in [-0.2, -0.15) is 0 Å². The number of hydrogen-bond acceptors (Lipinski definition) is 1. The number of carbonyl (C=O) groups excluding carboxylic acids is 1. The first kappa shape index (κ1) is 8.14. The summed E-state index contributed by atoms with van der Waals surface area (Å²) >= 11 is 0. The molecule has 9 heavy (non-hydrogen) atoms. The normalized spacial score (nSPS) is 8.56. The maximum Gasteiger partial charge on any atom is 0.243 e. The summed E-state index contributed by atoms with van der Waals surface area (Å²) in [6, 6.07) is 0. The first-order valence-electron chi connectivity index (χ1n) is 2.77. The lowest BCUT2D eigenvalue weighted by atomic mass is 10.4. The van der Waals surface area contributed by atoms with E-state index in [4.69, 9.17) is 0 Å². The van der Waals surface area contributed by atoms with Gasteiger partial charge in [0.1, 0.15) is 0 Å². The Bertz CT molecular complexity index is 103. The SMILES string of the molecule is C=CC(=O)NCCCF. The summed E-state index contributed by atoms with van der Waals surface area (Å²) < 4.78 is 11.4. The van der Waals surface area contributed by atoms with Crippen molar-refractivity contribution >= 4 is 5.91 Å². The standard InChI is InChI=1S/C6H10FNO/c1-2-6(9)8-5-3-4-7/h2H,1,3-5H2,(H,8,9). The highest BCUT2D eigenvalue weighted by Crippen LogP contribution is 1.76. The van der Waals surface area contributed by atoms with E-state index >= 15 is 0 Å². The first-order valence-corrected chi connectivity index (χ1v) is 2.77. The summed E-state index contributed by atoms with van der Waals surface area (Å²) in [5, 5.41) is 2.44. The van der Waals surface area contributed by atoms with Crippen LogP contribution in [-0.2, 0) is 4.79 Å². The third kappa shape index (κ3) is 5.00. The van der Waals surface area contributed by atoms with Gasteiger partial charge in [-0.1, -0.05) is 6.58 Å². The van der Waals surface area contributed by atoms with Gasteiger partial charge in [-0.15, -0.1) is 0 Å². The van der Waals surface area contributed by atoms with Gasteiger partial charge in [-0.25, -0.2) is 0 Å². The van der Waals surface area contributed by atoms with E-state index in [0.717, 1.165) is 6.08 Å². The minimum Gasteiger partial charge on any atom is -0.352 e. The van der Waals surface area contributed by atoms with E-state index in [1.807, 2.05) is 0 Å². The Morgan fingerprint density at radius 3 is 2.89 bits per heavy atom. The van der Waals surface area contributed by atoms with E-state index in [-0.39, 0.29) is 5.91 Å². The molecule has 1 N–H and O–H groups in total. The fraction of sp³-hybridized carbons (Fsp3) is 0.500. The smallest absolute Gasteiger partial charge is 0.243 e. The van der Waals surface area contributed by atoms with Crippen molar-refractivity contribution in [2.75, 3.05) is 13.2 Å². The molecule has 0 aliphatic rings. The summed E-state index contributed by atoms with van der Waals surface area (Å²) in [5.41, 5.74) is 0. The summed E-state index contributed by atoms with van der Waals surface area (Å²) in [7, 11) is 0. The number of alkyl halides is 1. The highest BCUT2D eigenvalue weighted by atomic mass is 19.1. The topological polar surface area (TPSA) is 29.1 Å². The van der Waals surface area contributed by atoms with Crippen molar-refractivity contribution in [2.24, 2.45) is 0 Å². The van der Waals surface area contributed by atoms with E-state index in [9.17, 15) is 9.18 Å². The molecule has 0 aromatic carbocycles. The molecular weight excluding hydrogens is 121 g/mol. The molecule has 0 aliphatic heterocycles. The lowest BCUT2D eigenvalue weighted by molar-refractivity contribution is -0.116. The predicted molar refractivity (Wildman–Crippen MR) is 33.8 cm³/mol. The number of rotatable bonds is 4. The van der Waals surface area contributed by atoms with Gasteiger partial charge in [0.25, 0.3) is 0 Å². The fourth-order valence-electron chi connectivity index (χ4n) is 0.351. The molecule has 0 atom stereocenters. The van der Waals surface area contributed by atoms with E-state index < -0.39 is 6.67 Å². The Hall–Kier alpha value is -0.860. The van der Waals surface area contributed by atoms with Crippen molar-refractivity contribution in [3.63, 3.8) is 0 Å². The maximum atomic E-state index is 11.4. The zero-order chi connectivity index (χ0) is 7.11. The van der Waals surface area contributed by atoms with Crippen LogP contribution in [0.25, 0.3) is 0 Å². The zero-order valence-electron chi connectivity index (χ0n) is 5.19. The van der Waals surface area contributed by atoms with Gasteiger partial charge in [0, 0.05) is 6.54 Å². The van der Waals surface area contributed by atoms with Crippen molar-refractivity contribution in [2.45, 2.75) is 6.42 Å². The Balaban J connectivity index is 3.07. The van der Waals surface area contributed by atoms with E-state index in [1.165, 1.54) is 0 Å². The predicted octanol–water partition coefficient (Wildman–Crippen LogP) is 0.648. The Labute approximate surface area is 53.8 Å².